The van der Waals surface area contributed by atoms with Gasteiger partial charge in [0.2, 0.25) is 0 Å². The first kappa shape index (κ1) is 22.6. The molecule has 0 spiro atoms. The Labute approximate surface area is 202 Å². The van der Waals surface area contributed by atoms with E-state index >= 15 is 0 Å². The van der Waals surface area contributed by atoms with Crippen molar-refractivity contribution in [2.75, 3.05) is 18.2 Å². The monoisotopic (exact) mass is 469 g/mol. The summed E-state index contributed by atoms with van der Waals surface area (Å²) in [5.74, 6) is 5.59. The topological polar surface area (TPSA) is 95.1 Å². The molecule has 2 aromatic heterocycles. The Morgan fingerprint density at radius 1 is 1.20 bits per heavy atom. The van der Waals surface area contributed by atoms with Gasteiger partial charge in [0.1, 0.15) is 29.3 Å². The Morgan fingerprint density at radius 3 is 2.66 bits per heavy atom. The number of nitrogen functional groups attached to an aromatic ring is 1. The van der Waals surface area contributed by atoms with E-state index in [1.165, 1.54) is 18.5 Å². The molecule has 2 heterocycles. The lowest BCUT2D eigenvalue weighted by Gasteiger charge is -2.14. The highest BCUT2D eigenvalue weighted by molar-refractivity contribution is 6.16. The van der Waals surface area contributed by atoms with Crippen LogP contribution in [0, 0.1) is 17.7 Å². The average molecular weight is 470 g/mol. The summed E-state index contributed by atoms with van der Waals surface area (Å²) in [6, 6.07) is 13.4. The summed E-state index contributed by atoms with van der Waals surface area (Å²) in [7, 11) is 1.63. The number of aromatic nitrogens is 3. The van der Waals surface area contributed by atoms with Crippen LogP contribution in [0.5, 0.6) is 0 Å². The third kappa shape index (κ3) is 4.34. The van der Waals surface area contributed by atoms with Gasteiger partial charge in [-0.25, -0.2) is 14.4 Å². The summed E-state index contributed by atoms with van der Waals surface area (Å²) < 4.78 is 20.9. The van der Waals surface area contributed by atoms with E-state index in [1.54, 1.807) is 19.2 Å². The number of hydrogen-bond acceptors (Lipinski definition) is 5. The van der Waals surface area contributed by atoms with E-state index in [9.17, 15) is 9.18 Å². The molecular formula is C27H24FN5O2. The maximum atomic E-state index is 13.7. The second-order valence-corrected chi connectivity index (χ2v) is 8.86. The van der Waals surface area contributed by atoms with Crippen LogP contribution < -0.4 is 11.1 Å². The smallest absolute Gasteiger partial charge is 0.259 e. The van der Waals surface area contributed by atoms with Crippen molar-refractivity contribution in [2.45, 2.75) is 31.9 Å². The summed E-state index contributed by atoms with van der Waals surface area (Å²) in [4.78, 5) is 22.3. The molecule has 0 bridgehead atoms. The lowest BCUT2D eigenvalue weighted by atomic mass is 10.1. The number of halogens is 1. The first-order chi connectivity index (χ1) is 16.9. The lowest BCUT2D eigenvalue weighted by Crippen LogP contribution is -2.18. The largest absolute Gasteiger partial charge is 0.383 e. The number of carbonyl (C=O) groups is 1. The second kappa shape index (κ2) is 8.85. The highest BCUT2D eigenvalue weighted by atomic mass is 19.1. The maximum Gasteiger partial charge on any atom is 0.259 e. The Hall–Kier alpha value is -4.22. The van der Waals surface area contributed by atoms with Crippen molar-refractivity contribution in [3.05, 3.63) is 83.1 Å². The first-order valence-electron chi connectivity index (χ1n) is 11.2. The van der Waals surface area contributed by atoms with E-state index in [-0.39, 0.29) is 23.1 Å². The van der Waals surface area contributed by atoms with Crippen molar-refractivity contribution >= 4 is 28.4 Å². The van der Waals surface area contributed by atoms with Gasteiger partial charge in [0.15, 0.2) is 0 Å². The zero-order valence-electron chi connectivity index (χ0n) is 19.4. The lowest BCUT2D eigenvalue weighted by molar-refractivity contribution is 0.102. The van der Waals surface area contributed by atoms with Gasteiger partial charge >= 0.3 is 0 Å². The van der Waals surface area contributed by atoms with Crippen molar-refractivity contribution in [1.82, 2.24) is 14.5 Å². The van der Waals surface area contributed by atoms with E-state index in [2.05, 4.69) is 34.0 Å². The van der Waals surface area contributed by atoms with Crippen LogP contribution in [0.3, 0.4) is 0 Å². The van der Waals surface area contributed by atoms with Crippen molar-refractivity contribution in [1.29, 1.82) is 0 Å². The minimum Gasteiger partial charge on any atom is -0.383 e. The number of rotatable bonds is 5. The summed E-state index contributed by atoms with van der Waals surface area (Å²) >= 11 is 0. The predicted octanol–water partition coefficient (Wildman–Crippen LogP) is 4.46. The molecule has 35 heavy (non-hydrogen) atoms. The normalized spacial score (nSPS) is 13.8. The van der Waals surface area contributed by atoms with E-state index in [1.807, 2.05) is 28.8 Å². The number of amides is 1. The minimum atomic E-state index is -0.378. The highest BCUT2D eigenvalue weighted by Gasteiger charge is 2.43. The molecule has 1 saturated carbocycles. The highest BCUT2D eigenvalue weighted by Crippen LogP contribution is 2.47. The fourth-order valence-corrected chi connectivity index (χ4v) is 4.15. The third-order valence-corrected chi connectivity index (χ3v) is 6.19. The summed E-state index contributed by atoms with van der Waals surface area (Å²) in [6.07, 6.45) is 3.22. The Kier molecular flexibility index (Phi) is 5.71. The molecule has 1 amide bonds. The number of nitrogens with one attached hydrogen (secondary N) is 1. The Bertz CT molecular complexity index is 1490. The molecule has 0 aliphatic heterocycles. The zero-order chi connectivity index (χ0) is 24.6. The molecule has 0 atom stereocenters. The van der Waals surface area contributed by atoms with Crippen molar-refractivity contribution < 1.29 is 13.9 Å². The van der Waals surface area contributed by atoms with E-state index in [0.29, 0.717) is 40.1 Å². The van der Waals surface area contributed by atoms with Gasteiger partial charge < -0.3 is 20.4 Å². The van der Waals surface area contributed by atoms with Crippen LogP contribution in [0.1, 0.15) is 46.9 Å². The minimum absolute atomic E-state index is 0.201. The zero-order valence-corrected chi connectivity index (χ0v) is 19.4. The Balaban J connectivity index is 1.66. The molecule has 176 valence electrons. The molecule has 7 nitrogen and oxygen atoms in total. The van der Waals surface area contributed by atoms with Gasteiger partial charge in [0.25, 0.3) is 5.91 Å². The summed E-state index contributed by atoms with van der Waals surface area (Å²) in [6.45, 7) is 2.57. The molecule has 1 aliphatic carbocycles. The number of methoxy groups -OCH3 is 1. The van der Waals surface area contributed by atoms with Gasteiger partial charge in [-0.15, -0.1) is 0 Å². The van der Waals surface area contributed by atoms with Gasteiger partial charge in [0.05, 0.1) is 17.6 Å². The van der Waals surface area contributed by atoms with Gasteiger partial charge in [-0.05, 0) is 61.6 Å². The van der Waals surface area contributed by atoms with Gasteiger partial charge in [-0.1, -0.05) is 24.1 Å². The average Bonchev–Trinajstić information content (AvgIpc) is 3.47. The quantitative estimate of drug-likeness (QED) is 0.421. The molecule has 0 radical (unpaired) electrons. The molecule has 5 rings (SSSR count). The van der Waals surface area contributed by atoms with Crippen LogP contribution in [0.15, 0.2) is 54.9 Å². The van der Waals surface area contributed by atoms with Crippen molar-refractivity contribution in [3.8, 4) is 11.8 Å². The number of anilines is 2. The maximum absolute atomic E-state index is 13.7. The van der Waals surface area contributed by atoms with E-state index in [4.69, 9.17) is 10.5 Å². The molecule has 1 aliphatic rings. The van der Waals surface area contributed by atoms with Gasteiger partial charge in [0, 0.05) is 23.9 Å². The van der Waals surface area contributed by atoms with Gasteiger partial charge in [-0.3, -0.25) is 4.79 Å². The number of benzene rings is 2. The van der Waals surface area contributed by atoms with Crippen molar-refractivity contribution in [3.63, 3.8) is 0 Å². The summed E-state index contributed by atoms with van der Waals surface area (Å²) in [5.41, 5.74) is 9.46. The number of hydrogen-bond donors (Lipinski definition) is 2. The van der Waals surface area contributed by atoms with E-state index < -0.39 is 0 Å². The SMILES string of the molecule is COCc1ccc(NC(=O)c2c(C#Cc3cccc(F)c3)n(C3(C)CC3)c3ncnc(N)c23)cc1. The van der Waals surface area contributed by atoms with Crippen LogP contribution in [-0.4, -0.2) is 27.6 Å². The number of ether oxygens (including phenoxy) is 1. The molecule has 0 unspecified atom stereocenters. The molecule has 8 heteroatoms. The van der Waals surface area contributed by atoms with Crippen LogP contribution in [0.4, 0.5) is 15.9 Å². The number of fused-ring (bicyclic) bond motifs is 1. The second-order valence-electron chi connectivity index (χ2n) is 8.86. The molecule has 3 N–H and O–H groups in total. The number of carbonyl (C=O) groups excluding carboxylic acids is 1. The number of nitrogens with zero attached hydrogens (tertiary/aromatic N) is 3. The van der Waals surface area contributed by atoms with Crippen LogP contribution in [-0.2, 0) is 16.9 Å². The van der Waals surface area contributed by atoms with Crippen LogP contribution in [0.25, 0.3) is 11.0 Å². The Morgan fingerprint density at radius 2 is 1.97 bits per heavy atom. The summed E-state index contributed by atoms with van der Waals surface area (Å²) in [5, 5.41) is 3.40. The standard InChI is InChI=1S/C27H24FN5O2/c1-27(12-13-27)33-21(11-8-17-4-3-5-19(28)14-17)22(23-24(29)30-16-31-25(23)33)26(34)32-20-9-6-18(7-10-20)15-35-2/h3-7,9-10,14,16H,12-13,15H2,1-2H3,(H,32,34)(H2,29,30,31). The molecular weight excluding hydrogens is 445 g/mol. The predicted molar refractivity (Wildman–Crippen MR) is 132 cm³/mol. The first-order valence-corrected chi connectivity index (χ1v) is 11.2. The van der Waals surface area contributed by atoms with Crippen molar-refractivity contribution in [2.24, 2.45) is 0 Å². The van der Waals surface area contributed by atoms with E-state index in [0.717, 1.165) is 18.4 Å². The third-order valence-electron chi connectivity index (χ3n) is 6.19. The number of nitrogens with two attached hydrogens (primary N) is 1. The molecule has 0 saturated heterocycles. The molecule has 4 aromatic rings. The van der Waals surface area contributed by atoms with Crippen LogP contribution >= 0.6 is 0 Å². The fourth-order valence-electron chi connectivity index (χ4n) is 4.15. The van der Waals surface area contributed by atoms with Crippen LogP contribution in [0.2, 0.25) is 0 Å². The molecule has 2 aromatic carbocycles. The fraction of sp³-hybridized carbons (Fsp3) is 0.222. The van der Waals surface area contributed by atoms with Gasteiger partial charge in [-0.2, -0.15) is 0 Å². The molecule has 1 fully saturated rings.